The molecule has 0 N–H and O–H groups in total. The predicted octanol–water partition coefficient (Wildman–Crippen LogP) is 2.80. The van der Waals surface area contributed by atoms with Crippen LogP contribution in [-0.4, -0.2) is 28.3 Å². The molecule has 0 radical (unpaired) electrons. The molecule has 0 aliphatic rings. The third-order valence-corrected chi connectivity index (χ3v) is 3.21. The number of benzene rings is 1. The molecule has 0 fully saturated rings. The second kappa shape index (κ2) is 6.89. The van der Waals surface area contributed by atoms with E-state index in [1.807, 2.05) is 30.3 Å². The molecule has 0 aliphatic carbocycles. The van der Waals surface area contributed by atoms with E-state index >= 15 is 0 Å². The normalized spacial score (nSPS) is 10.2. The fourth-order valence-electron chi connectivity index (χ4n) is 1.48. The van der Waals surface area contributed by atoms with Crippen molar-refractivity contribution in [3.8, 4) is 11.4 Å². The number of hydrogen-bond acceptors (Lipinski definition) is 5. The second-order valence-electron chi connectivity index (χ2n) is 3.68. The Morgan fingerprint density at radius 2 is 2.05 bits per heavy atom. The van der Waals surface area contributed by atoms with Crippen LogP contribution in [0.15, 0.2) is 47.6 Å². The van der Waals surface area contributed by atoms with Gasteiger partial charge >= 0.3 is 5.97 Å². The quantitative estimate of drug-likeness (QED) is 0.477. The van der Waals surface area contributed by atoms with Crippen molar-refractivity contribution in [2.75, 3.05) is 12.4 Å². The van der Waals surface area contributed by atoms with Gasteiger partial charge in [-0.1, -0.05) is 42.1 Å². The molecule has 5 heteroatoms. The Bertz CT molecular complexity index is 546. The monoisotopic (exact) mass is 274 g/mol. The number of rotatable bonds is 5. The van der Waals surface area contributed by atoms with Gasteiger partial charge in [0.05, 0.1) is 12.4 Å². The van der Waals surface area contributed by atoms with E-state index in [2.05, 4.69) is 9.97 Å². The number of carbonyl (C=O) groups is 1. The molecular weight excluding hydrogens is 260 g/mol. The van der Waals surface area contributed by atoms with Gasteiger partial charge in [-0.15, -0.1) is 0 Å². The van der Waals surface area contributed by atoms with Crippen molar-refractivity contribution >= 4 is 17.7 Å². The van der Waals surface area contributed by atoms with Crippen LogP contribution in [0.1, 0.15) is 6.92 Å². The largest absolute Gasteiger partial charge is 0.465 e. The Labute approximate surface area is 116 Å². The lowest BCUT2D eigenvalue weighted by Gasteiger charge is -2.03. The van der Waals surface area contributed by atoms with Crippen molar-refractivity contribution in [3.05, 3.63) is 42.6 Å². The Hall–Kier alpha value is -1.88. The Morgan fingerprint density at radius 1 is 1.26 bits per heavy atom. The maximum atomic E-state index is 11.3. The van der Waals surface area contributed by atoms with Gasteiger partial charge in [0.25, 0.3) is 0 Å². The van der Waals surface area contributed by atoms with Gasteiger partial charge in [0.15, 0.2) is 5.82 Å². The van der Waals surface area contributed by atoms with Crippen molar-refractivity contribution in [2.45, 2.75) is 11.9 Å². The maximum absolute atomic E-state index is 11.3. The van der Waals surface area contributed by atoms with Crippen molar-refractivity contribution in [3.63, 3.8) is 0 Å². The summed E-state index contributed by atoms with van der Waals surface area (Å²) in [6, 6.07) is 11.5. The molecule has 0 saturated carbocycles. The number of esters is 1. The number of aromatic nitrogens is 2. The van der Waals surface area contributed by atoms with Gasteiger partial charge in [0.1, 0.15) is 5.03 Å². The van der Waals surface area contributed by atoms with Crippen LogP contribution in [0, 0.1) is 0 Å². The van der Waals surface area contributed by atoms with Crippen molar-refractivity contribution < 1.29 is 9.53 Å². The van der Waals surface area contributed by atoms with Gasteiger partial charge in [-0.3, -0.25) is 4.79 Å². The van der Waals surface area contributed by atoms with Gasteiger partial charge < -0.3 is 4.74 Å². The minimum absolute atomic E-state index is 0.229. The van der Waals surface area contributed by atoms with E-state index in [1.165, 1.54) is 11.8 Å². The fraction of sp³-hybridized carbons (Fsp3) is 0.214. The molecule has 0 spiro atoms. The molecule has 2 aromatic rings. The summed E-state index contributed by atoms with van der Waals surface area (Å²) in [4.78, 5) is 19.9. The third-order valence-electron chi connectivity index (χ3n) is 2.31. The zero-order valence-electron chi connectivity index (χ0n) is 10.6. The van der Waals surface area contributed by atoms with E-state index in [0.717, 1.165) is 10.6 Å². The van der Waals surface area contributed by atoms with E-state index in [1.54, 1.807) is 19.2 Å². The SMILES string of the molecule is CCOC(=O)CSc1ccnc(-c2ccccc2)n1. The van der Waals surface area contributed by atoms with Gasteiger partial charge in [0.2, 0.25) is 0 Å². The molecule has 0 atom stereocenters. The Kier molecular flexibility index (Phi) is 4.92. The van der Waals surface area contributed by atoms with Gasteiger partial charge in [-0.2, -0.15) is 0 Å². The highest BCUT2D eigenvalue weighted by Gasteiger charge is 2.06. The number of hydrogen-bond donors (Lipinski definition) is 0. The first kappa shape index (κ1) is 13.5. The first-order chi connectivity index (χ1) is 9.29. The molecular formula is C14H14N2O2S. The summed E-state index contributed by atoms with van der Waals surface area (Å²) >= 11 is 1.35. The first-order valence-electron chi connectivity index (χ1n) is 5.96. The average molecular weight is 274 g/mol. The van der Waals surface area contributed by atoms with E-state index in [9.17, 15) is 4.79 Å². The van der Waals surface area contributed by atoms with E-state index < -0.39 is 0 Å². The molecule has 0 bridgehead atoms. The number of ether oxygens (including phenoxy) is 1. The summed E-state index contributed by atoms with van der Waals surface area (Å²) in [7, 11) is 0. The topological polar surface area (TPSA) is 52.1 Å². The molecule has 0 saturated heterocycles. The summed E-state index contributed by atoms with van der Waals surface area (Å²) in [6.45, 7) is 2.19. The summed E-state index contributed by atoms with van der Waals surface area (Å²) in [6.07, 6.45) is 1.70. The van der Waals surface area contributed by atoms with Crippen LogP contribution in [0.25, 0.3) is 11.4 Å². The third kappa shape index (κ3) is 4.06. The molecule has 1 heterocycles. The highest BCUT2D eigenvalue weighted by atomic mass is 32.2. The number of thioether (sulfide) groups is 1. The minimum atomic E-state index is -0.229. The van der Waals surface area contributed by atoms with Gasteiger partial charge in [-0.05, 0) is 13.0 Å². The van der Waals surface area contributed by atoms with Crippen molar-refractivity contribution in [2.24, 2.45) is 0 Å². The second-order valence-corrected chi connectivity index (χ2v) is 4.67. The van der Waals surface area contributed by atoms with Crippen LogP contribution < -0.4 is 0 Å². The first-order valence-corrected chi connectivity index (χ1v) is 6.95. The maximum Gasteiger partial charge on any atom is 0.316 e. The van der Waals surface area contributed by atoms with E-state index in [-0.39, 0.29) is 11.7 Å². The van der Waals surface area contributed by atoms with Gasteiger partial charge in [0, 0.05) is 11.8 Å². The number of nitrogens with zero attached hydrogens (tertiary/aromatic N) is 2. The summed E-state index contributed by atoms with van der Waals surface area (Å²) in [5.41, 5.74) is 0.959. The summed E-state index contributed by atoms with van der Waals surface area (Å²) < 4.78 is 4.88. The minimum Gasteiger partial charge on any atom is -0.465 e. The van der Waals surface area contributed by atoms with Crippen molar-refractivity contribution in [1.82, 2.24) is 9.97 Å². The Balaban J connectivity index is 2.06. The van der Waals surface area contributed by atoms with E-state index in [0.29, 0.717) is 12.4 Å². The highest BCUT2D eigenvalue weighted by Crippen LogP contribution is 2.19. The molecule has 1 aromatic carbocycles. The lowest BCUT2D eigenvalue weighted by molar-refractivity contribution is -0.139. The van der Waals surface area contributed by atoms with Crippen LogP contribution in [0.4, 0.5) is 0 Å². The van der Waals surface area contributed by atoms with E-state index in [4.69, 9.17) is 4.74 Å². The zero-order valence-corrected chi connectivity index (χ0v) is 11.4. The molecule has 2 rings (SSSR count). The molecule has 98 valence electrons. The molecule has 1 aromatic heterocycles. The summed E-state index contributed by atoms with van der Waals surface area (Å²) in [5.74, 6) is 0.695. The van der Waals surface area contributed by atoms with Crippen molar-refractivity contribution in [1.29, 1.82) is 0 Å². The lowest BCUT2D eigenvalue weighted by Crippen LogP contribution is -2.06. The van der Waals surface area contributed by atoms with Crippen LogP contribution in [-0.2, 0) is 9.53 Å². The van der Waals surface area contributed by atoms with Crippen LogP contribution in [0.2, 0.25) is 0 Å². The fourth-order valence-corrected chi connectivity index (χ4v) is 2.14. The average Bonchev–Trinajstić information content (AvgIpc) is 2.47. The molecule has 19 heavy (non-hydrogen) atoms. The highest BCUT2D eigenvalue weighted by molar-refractivity contribution is 7.99. The summed E-state index contributed by atoms with van der Waals surface area (Å²) in [5, 5.41) is 0.766. The number of carbonyl (C=O) groups excluding carboxylic acids is 1. The Morgan fingerprint density at radius 3 is 2.79 bits per heavy atom. The lowest BCUT2D eigenvalue weighted by atomic mass is 10.2. The zero-order chi connectivity index (χ0) is 13.5. The molecule has 4 nitrogen and oxygen atoms in total. The smallest absolute Gasteiger partial charge is 0.316 e. The molecule has 0 unspecified atom stereocenters. The molecule has 0 aliphatic heterocycles. The molecule has 0 amide bonds. The van der Waals surface area contributed by atoms with Crippen LogP contribution >= 0.6 is 11.8 Å². The standard InChI is InChI=1S/C14H14N2O2S/c1-2-18-13(17)10-19-12-8-9-15-14(16-12)11-6-4-3-5-7-11/h3-9H,2,10H2,1H3. The van der Waals surface area contributed by atoms with Gasteiger partial charge in [-0.25, -0.2) is 9.97 Å². The predicted molar refractivity (Wildman–Crippen MR) is 74.8 cm³/mol. The van der Waals surface area contributed by atoms with Crippen LogP contribution in [0.3, 0.4) is 0 Å². The van der Waals surface area contributed by atoms with Crippen LogP contribution in [0.5, 0.6) is 0 Å².